The zero-order valence-electron chi connectivity index (χ0n) is 11.4. The molecule has 0 saturated carbocycles. The highest BCUT2D eigenvalue weighted by Crippen LogP contribution is 2.18. The summed E-state index contributed by atoms with van der Waals surface area (Å²) in [6, 6.07) is 6.69. The van der Waals surface area contributed by atoms with Crippen LogP contribution in [0.5, 0.6) is 0 Å². The Morgan fingerprint density at radius 3 is 2.60 bits per heavy atom. The summed E-state index contributed by atoms with van der Waals surface area (Å²) in [6.45, 7) is 3.17. The van der Waals surface area contributed by atoms with Crippen LogP contribution in [0.1, 0.15) is 23.7 Å². The first kappa shape index (κ1) is 14.5. The first-order chi connectivity index (χ1) is 9.55. The topological polar surface area (TPSA) is 93.5 Å². The van der Waals surface area contributed by atoms with Gasteiger partial charge in [0, 0.05) is 24.4 Å². The van der Waals surface area contributed by atoms with Gasteiger partial charge in [-0.15, -0.1) is 0 Å². The summed E-state index contributed by atoms with van der Waals surface area (Å²) in [7, 11) is 0. The molecule has 4 N–H and O–H groups in total. The fourth-order valence-electron chi connectivity index (χ4n) is 1.98. The first-order valence-corrected chi connectivity index (χ1v) is 6.61. The van der Waals surface area contributed by atoms with E-state index in [1.807, 2.05) is 6.92 Å². The SMILES string of the molecule is CCNC(=O)c1ccc(NC(=O)C2(N)CCOC2)cc1. The highest BCUT2D eigenvalue weighted by Gasteiger charge is 2.38. The predicted molar refractivity (Wildman–Crippen MR) is 75.4 cm³/mol. The number of anilines is 1. The molecule has 20 heavy (non-hydrogen) atoms. The van der Waals surface area contributed by atoms with Gasteiger partial charge >= 0.3 is 0 Å². The number of benzene rings is 1. The van der Waals surface area contributed by atoms with E-state index < -0.39 is 5.54 Å². The lowest BCUT2D eigenvalue weighted by Crippen LogP contribution is -2.51. The molecule has 1 unspecified atom stereocenters. The van der Waals surface area contributed by atoms with Crippen molar-refractivity contribution in [3.05, 3.63) is 29.8 Å². The molecular weight excluding hydrogens is 258 g/mol. The van der Waals surface area contributed by atoms with Crippen molar-refractivity contribution >= 4 is 17.5 Å². The van der Waals surface area contributed by atoms with E-state index in [9.17, 15) is 9.59 Å². The molecule has 1 aliphatic rings. The van der Waals surface area contributed by atoms with Gasteiger partial charge in [0.05, 0.1) is 6.61 Å². The van der Waals surface area contributed by atoms with Gasteiger partial charge in [-0.25, -0.2) is 0 Å². The van der Waals surface area contributed by atoms with Gasteiger partial charge < -0.3 is 21.1 Å². The second kappa shape index (κ2) is 6.02. The molecule has 6 nitrogen and oxygen atoms in total. The Morgan fingerprint density at radius 1 is 1.35 bits per heavy atom. The second-order valence-electron chi connectivity index (χ2n) is 4.85. The number of hydrogen-bond donors (Lipinski definition) is 3. The van der Waals surface area contributed by atoms with Gasteiger partial charge in [-0.1, -0.05) is 0 Å². The van der Waals surface area contributed by atoms with Gasteiger partial charge in [0.2, 0.25) is 5.91 Å². The van der Waals surface area contributed by atoms with E-state index in [1.165, 1.54) is 0 Å². The number of hydrogen-bond acceptors (Lipinski definition) is 4. The average molecular weight is 277 g/mol. The van der Waals surface area contributed by atoms with Gasteiger partial charge in [0.15, 0.2) is 0 Å². The number of carbonyl (C=O) groups is 2. The fourth-order valence-corrected chi connectivity index (χ4v) is 1.98. The molecule has 1 atom stereocenters. The van der Waals surface area contributed by atoms with Crippen molar-refractivity contribution < 1.29 is 14.3 Å². The maximum absolute atomic E-state index is 12.1. The van der Waals surface area contributed by atoms with Gasteiger partial charge in [0.25, 0.3) is 5.91 Å². The number of carbonyl (C=O) groups excluding carboxylic acids is 2. The molecule has 1 aromatic rings. The first-order valence-electron chi connectivity index (χ1n) is 6.61. The fraction of sp³-hybridized carbons (Fsp3) is 0.429. The summed E-state index contributed by atoms with van der Waals surface area (Å²) >= 11 is 0. The van der Waals surface area contributed by atoms with Crippen LogP contribution >= 0.6 is 0 Å². The molecule has 6 heteroatoms. The molecule has 1 aliphatic heterocycles. The van der Waals surface area contributed by atoms with E-state index >= 15 is 0 Å². The summed E-state index contributed by atoms with van der Waals surface area (Å²) in [4.78, 5) is 23.7. The van der Waals surface area contributed by atoms with Crippen LogP contribution < -0.4 is 16.4 Å². The minimum atomic E-state index is -0.960. The van der Waals surface area contributed by atoms with Crippen molar-refractivity contribution in [1.29, 1.82) is 0 Å². The van der Waals surface area contributed by atoms with Crippen molar-refractivity contribution in [2.45, 2.75) is 18.9 Å². The van der Waals surface area contributed by atoms with Crippen LogP contribution in [0.15, 0.2) is 24.3 Å². The third-order valence-electron chi connectivity index (χ3n) is 3.25. The normalized spacial score (nSPS) is 21.5. The third kappa shape index (κ3) is 3.15. The van der Waals surface area contributed by atoms with Crippen LogP contribution in [0.3, 0.4) is 0 Å². The lowest BCUT2D eigenvalue weighted by atomic mass is 9.99. The van der Waals surface area contributed by atoms with Crippen LogP contribution in [-0.4, -0.2) is 37.1 Å². The highest BCUT2D eigenvalue weighted by atomic mass is 16.5. The Balaban J connectivity index is 2.00. The molecule has 1 saturated heterocycles. The van der Waals surface area contributed by atoms with Crippen LogP contribution in [0, 0.1) is 0 Å². The molecule has 0 aliphatic carbocycles. The minimum Gasteiger partial charge on any atom is -0.379 e. The number of rotatable bonds is 4. The second-order valence-corrected chi connectivity index (χ2v) is 4.85. The molecule has 0 aromatic heterocycles. The molecule has 0 radical (unpaired) electrons. The van der Waals surface area contributed by atoms with Crippen molar-refractivity contribution in [3.8, 4) is 0 Å². The van der Waals surface area contributed by atoms with Crippen molar-refractivity contribution in [1.82, 2.24) is 5.32 Å². The number of amides is 2. The predicted octanol–water partition coefficient (Wildman–Crippen LogP) is 0.493. The van der Waals surface area contributed by atoms with Crippen LogP contribution in [0.4, 0.5) is 5.69 Å². The lowest BCUT2D eigenvalue weighted by Gasteiger charge is -2.20. The van der Waals surface area contributed by atoms with Gasteiger partial charge in [-0.2, -0.15) is 0 Å². The van der Waals surface area contributed by atoms with Crippen LogP contribution in [0.2, 0.25) is 0 Å². The van der Waals surface area contributed by atoms with E-state index in [4.69, 9.17) is 10.5 Å². The lowest BCUT2D eigenvalue weighted by molar-refractivity contribution is -0.121. The van der Waals surface area contributed by atoms with Crippen molar-refractivity contribution in [3.63, 3.8) is 0 Å². The summed E-state index contributed by atoms with van der Waals surface area (Å²) in [5.74, 6) is -0.398. The molecule has 108 valence electrons. The van der Waals surface area contributed by atoms with E-state index in [2.05, 4.69) is 10.6 Å². The van der Waals surface area contributed by atoms with Crippen LogP contribution in [0.25, 0.3) is 0 Å². The molecule has 1 aromatic carbocycles. The maximum Gasteiger partial charge on any atom is 0.251 e. The monoisotopic (exact) mass is 277 g/mol. The maximum atomic E-state index is 12.1. The molecule has 0 spiro atoms. The van der Waals surface area contributed by atoms with E-state index in [0.29, 0.717) is 30.8 Å². The number of nitrogens with two attached hydrogens (primary N) is 1. The summed E-state index contributed by atoms with van der Waals surface area (Å²) in [5, 5.41) is 5.46. The Hall–Kier alpha value is -1.92. The zero-order valence-corrected chi connectivity index (χ0v) is 11.4. The number of nitrogens with one attached hydrogen (secondary N) is 2. The highest BCUT2D eigenvalue weighted by molar-refractivity contribution is 5.99. The molecule has 2 amide bonds. The standard InChI is InChI=1S/C14H19N3O3/c1-2-16-12(18)10-3-5-11(6-4-10)17-13(19)14(15)7-8-20-9-14/h3-6H,2,7-9,15H2,1H3,(H,16,18)(H,17,19). The molecule has 2 rings (SSSR count). The third-order valence-corrected chi connectivity index (χ3v) is 3.25. The Labute approximate surface area is 117 Å². The smallest absolute Gasteiger partial charge is 0.251 e. The summed E-state index contributed by atoms with van der Waals surface area (Å²) in [6.07, 6.45) is 0.510. The van der Waals surface area contributed by atoms with Gasteiger partial charge in [-0.3, -0.25) is 9.59 Å². The molecular formula is C14H19N3O3. The summed E-state index contributed by atoms with van der Waals surface area (Å²) in [5.41, 5.74) is 6.17. The summed E-state index contributed by atoms with van der Waals surface area (Å²) < 4.78 is 5.16. The molecule has 1 fully saturated rings. The zero-order chi connectivity index (χ0) is 14.6. The van der Waals surface area contributed by atoms with E-state index in [0.717, 1.165) is 0 Å². The molecule has 0 bridgehead atoms. The average Bonchev–Trinajstić information content (AvgIpc) is 2.88. The number of ether oxygens (including phenoxy) is 1. The van der Waals surface area contributed by atoms with Crippen molar-refractivity contribution in [2.24, 2.45) is 5.73 Å². The largest absolute Gasteiger partial charge is 0.379 e. The van der Waals surface area contributed by atoms with Gasteiger partial charge in [0.1, 0.15) is 5.54 Å². The van der Waals surface area contributed by atoms with Crippen LogP contribution in [-0.2, 0) is 9.53 Å². The molecule has 1 heterocycles. The van der Waals surface area contributed by atoms with E-state index in [1.54, 1.807) is 24.3 Å². The Kier molecular flexibility index (Phi) is 4.36. The minimum absolute atomic E-state index is 0.134. The van der Waals surface area contributed by atoms with Crippen molar-refractivity contribution in [2.75, 3.05) is 25.1 Å². The Morgan fingerprint density at radius 2 is 2.05 bits per heavy atom. The quantitative estimate of drug-likeness (QED) is 0.746. The Bertz CT molecular complexity index is 493. The van der Waals surface area contributed by atoms with E-state index in [-0.39, 0.29) is 18.4 Å². The van der Waals surface area contributed by atoms with Gasteiger partial charge in [-0.05, 0) is 37.6 Å².